The monoisotopic (exact) mass is 232 g/mol. The van der Waals surface area contributed by atoms with Crippen LogP contribution in [0.5, 0.6) is 0 Å². The summed E-state index contributed by atoms with van der Waals surface area (Å²) >= 11 is 0. The third kappa shape index (κ3) is 5.25. The minimum atomic E-state index is -1.31. The van der Waals surface area contributed by atoms with Crippen molar-refractivity contribution in [3.63, 3.8) is 0 Å². The van der Waals surface area contributed by atoms with Gasteiger partial charge in [-0.25, -0.2) is 4.79 Å². The van der Waals surface area contributed by atoms with Crippen LogP contribution in [0.4, 0.5) is 0 Å². The van der Waals surface area contributed by atoms with Gasteiger partial charge in [-0.05, 0) is 20.8 Å². The smallest absolute Gasteiger partial charge is 0.330 e. The molecule has 0 spiro atoms. The van der Waals surface area contributed by atoms with Crippen molar-refractivity contribution in [1.29, 1.82) is 0 Å². The molecule has 0 aliphatic carbocycles. The Morgan fingerprint density at radius 3 is 1.88 bits per heavy atom. The molecule has 0 rings (SSSR count). The van der Waals surface area contributed by atoms with Crippen molar-refractivity contribution in [1.82, 2.24) is 0 Å². The lowest BCUT2D eigenvalue weighted by molar-refractivity contribution is -0.387. The summed E-state index contributed by atoms with van der Waals surface area (Å²) in [6, 6.07) is 0. The third-order valence-corrected chi connectivity index (χ3v) is 1.65. The molecule has 0 aromatic carbocycles. The lowest BCUT2D eigenvalue weighted by Gasteiger charge is -2.31. The highest BCUT2D eigenvalue weighted by Gasteiger charge is 2.34. The first-order chi connectivity index (χ1) is 7.64. The third-order valence-electron chi connectivity index (χ3n) is 1.65. The summed E-state index contributed by atoms with van der Waals surface area (Å²) in [4.78, 5) is 11.0. The SMILES string of the molecule is C=CC(=O)OCC(OCC)(OCC)OCC. The van der Waals surface area contributed by atoms with Gasteiger partial charge in [-0.2, -0.15) is 0 Å². The topological polar surface area (TPSA) is 54.0 Å². The molecule has 0 saturated heterocycles. The van der Waals surface area contributed by atoms with E-state index in [4.69, 9.17) is 18.9 Å². The average Bonchev–Trinajstić information content (AvgIpc) is 2.27. The van der Waals surface area contributed by atoms with Crippen LogP contribution in [0.3, 0.4) is 0 Å². The van der Waals surface area contributed by atoms with E-state index in [2.05, 4.69) is 6.58 Å². The number of carbonyl (C=O) groups is 1. The van der Waals surface area contributed by atoms with Gasteiger partial charge in [0.15, 0.2) is 6.61 Å². The molecule has 0 aliphatic rings. The molecule has 5 heteroatoms. The van der Waals surface area contributed by atoms with Crippen LogP contribution in [-0.2, 0) is 23.7 Å². The molecular formula is C11H20O5. The number of rotatable bonds is 9. The van der Waals surface area contributed by atoms with Gasteiger partial charge in [0, 0.05) is 25.9 Å². The lowest BCUT2D eigenvalue weighted by Crippen LogP contribution is -2.44. The molecule has 0 aromatic heterocycles. The fourth-order valence-electron chi connectivity index (χ4n) is 1.13. The summed E-state index contributed by atoms with van der Waals surface area (Å²) < 4.78 is 20.9. The maximum atomic E-state index is 11.0. The number of hydrogen-bond acceptors (Lipinski definition) is 5. The van der Waals surface area contributed by atoms with Crippen molar-refractivity contribution in [3.8, 4) is 0 Å². The Hall–Kier alpha value is -0.910. The Morgan fingerprint density at radius 2 is 1.56 bits per heavy atom. The summed E-state index contributed by atoms with van der Waals surface area (Å²) in [6.45, 7) is 9.79. The quantitative estimate of drug-likeness (QED) is 0.342. The molecule has 0 heterocycles. The summed E-state index contributed by atoms with van der Waals surface area (Å²) in [5.74, 6) is -1.85. The fraction of sp³-hybridized carbons (Fsp3) is 0.727. The van der Waals surface area contributed by atoms with Gasteiger partial charge in [0.2, 0.25) is 0 Å². The molecule has 0 unspecified atom stereocenters. The molecular weight excluding hydrogens is 212 g/mol. The average molecular weight is 232 g/mol. The fourth-order valence-corrected chi connectivity index (χ4v) is 1.13. The first-order valence-electron chi connectivity index (χ1n) is 5.35. The minimum absolute atomic E-state index is 0.118. The molecule has 0 bridgehead atoms. The second-order valence-corrected chi connectivity index (χ2v) is 2.79. The Bertz CT molecular complexity index is 197. The Kier molecular flexibility index (Phi) is 7.80. The van der Waals surface area contributed by atoms with Gasteiger partial charge in [-0.15, -0.1) is 0 Å². The Morgan fingerprint density at radius 1 is 1.12 bits per heavy atom. The van der Waals surface area contributed by atoms with Gasteiger partial charge in [0.25, 0.3) is 0 Å². The second-order valence-electron chi connectivity index (χ2n) is 2.79. The van der Waals surface area contributed by atoms with E-state index in [-0.39, 0.29) is 6.61 Å². The Balaban J connectivity index is 4.45. The second kappa shape index (κ2) is 8.27. The van der Waals surface area contributed by atoms with Crippen LogP contribution in [0.2, 0.25) is 0 Å². The lowest BCUT2D eigenvalue weighted by atomic mass is 10.5. The molecule has 0 amide bonds. The molecule has 0 fully saturated rings. The van der Waals surface area contributed by atoms with Gasteiger partial charge in [0.05, 0.1) is 0 Å². The van der Waals surface area contributed by atoms with Gasteiger partial charge in [-0.1, -0.05) is 6.58 Å². The molecule has 0 radical (unpaired) electrons. The maximum absolute atomic E-state index is 11.0. The van der Waals surface area contributed by atoms with Crippen LogP contribution in [-0.4, -0.2) is 38.4 Å². The van der Waals surface area contributed by atoms with Gasteiger partial charge < -0.3 is 18.9 Å². The van der Waals surface area contributed by atoms with E-state index < -0.39 is 11.9 Å². The molecule has 0 aromatic rings. The van der Waals surface area contributed by atoms with E-state index in [1.807, 2.05) is 20.8 Å². The first kappa shape index (κ1) is 15.1. The van der Waals surface area contributed by atoms with Gasteiger partial charge in [0.1, 0.15) is 0 Å². The van der Waals surface area contributed by atoms with E-state index >= 15 is 0 Å². The van der Waals surface area contributed by atoms with Crippen molar-refractivity contribution >= 4 is 5.97 Å². The highest BCUT2D eigenvalue weighted by molar-refractivity contribution is 5.81. The molecule has 94 valence electrons. The molecule has 0 N–H and O–H groups in total. The molecule has 0 saturated carbocycles. The van der Waals surface area contributed by atoms with Crippen molar-refractivity contribution in [3.05, 3.63) is 12.7 Å². The molecule has 16 heavy (non-hydrogen) atoms. The highest BCUT2D eigenvalue weighted by Crippen LogP contribution is 2.16. The molecule has 0 aliphatic heterocycles. The maximum Gasteiger partial charge on any atom is 0.330 e. The van der Waals surface area contributed by atoms with Crippen LogP contribution in [0.15, 0.2) is 12.7 Å². The predicted molar refractivity (Wildman–Crippen MR) is 58.8 cm³/mol. The van der Waals surface area contributed by atoms with Gasteiger partial charge >= 0.3 is 11.9 Å². The van der Waals surface area contributed by atoms with Crippen molar-refractivity contribution < 1.29 is 23.7 Å². The summed E-state index contributed by atoms with van der Waals surface area (Å²) in [5.41, 5.74) is 0. The van der Waals surface area contributed by atoms with Crippen LogP contribution >= 0.6 is 0 Å². The molecule has 5 nitrogen and oxygen atoms in total. The Labute approximate surface area is 96.3 Å². The zero-order valence-corrected chi connectivity index (χ0v) is 10.2. The van der Waals surface area contributed by atoms with E-state index in [1.54, 1.807) is 0 Å². The van der Waals surface area contributed by atoms with Crippen LogP contribution < -0.4 is 0 Å². The standard InChI is InChI=1S/C11H20O5/c1-5-10(12)13-9-11(14-6-2,15-7-3)16-8-4/h5H,1,6-9H2,2-4H3. The number of hydrogen-bond donors (Lipinski definition) is 0. The van der Waals surface area contributed by atoms with Crippen molar-refractivity contribution in [2.75, 3.05) is 26.4 Å². The number of ether oxygens (including phenoxy) is 4. The zero-order valence-electron chi connectivity index (χ0n) is 10.2. The van der Waals surface area contributed by atoms with E-state index in [0.717, 1.165) is 6.08 Å². The van der Waals surface area contributed by atoms with E-state index in [1.165, 1.54) is 0 Å². The summed E-state index contributed by atoms with van der Waals surface area (Å²) in [5, 5.41) is 0. The van der Waals surface area contributed by atoms with Crippen molar-refractivity contribution in [2.24, 2.45) is 0 Å². The highest BCUT2D eigenvalue weighted by atomic mass is 16.9. The predicted octanol–water partition coefficient (Wildman–Crippen LogP) is 1.48. The van der Waals surface area contributed by atoms with E-state index in [9.17, 15) is 4.79 Å². The zero-order chi connectivity index (χ0) is 12.4. The normalized spacial score (nSPS) is 11.2. The van der Waals surface area contributed by atoms with Crippen molar-refractivity contribution in [2.45, 2.75) is 26.7 Å². The summed E-state index contributed by atoms with van der Waals surface area (Å²) in [7, 11) is 0. The number of esters is 1. The van der Waals surface area contributed by atoms with E-state index in [0.29, 0.717) is 19.8 Å². The summed E-state index contributed by atoms with van der Waals surface area (Å²) in [6.07, 6.45) is 1.08. The first-order valence-corrected chi connectivity index (χ1v) is 5.35. The van der Waals surface area contributed by atoms with Crippen LogP contribution in [0.25, 0.3) is 0 Å². The molecule has 0 atom stereocenters. The number of carbonyl (C=O) groups excluding carboxylic acids is 1. The van der Waals surface area contributed by atoms with Gasteiger partial charge in [-0.3, -0.25) is 0 Å². The van der Waals surface area contributed by atoms with Crippen LogP contribution in [0.1, 0.15) is 20.8 Å². The minimum Gasteiger partial charge on any atom is -0.454 e. The largest absolute Gasteiger partial charge is 0.454 e. The van der Waals surface area contributed by atoms with Crippen LogP contribution in [0, 0.1) is 0 Å².